The first-order chi connectivity index (χ1) is 13.2. The van der Waals surface area contributed by atoms with E-state index in [0.717, 1.165) is 28.7 Å². The Kier molecular flexibility index (Phi) is 5.14. The number of amides is 1. The molecule has 7 nitrogen and oxygen atoms in total. The van der Waals surface area contributed by atoms with Crippen LogP contribution in [0.5, 0.6) is 0 Å². The number of fused-ring (bicyclic) bond motifs is 2. The van der Waals surface area contributed by atoms with Crippen molar-refractivity contribution in [3.05, 3.63) is 33.3 Å². The van der Waals surface area contributed by atoms with Gasteiger partial charge in [0.1, 0.15) is 12.2 Å². The van der Waals surface area contributed by atoms with Gasteiger partial charge >= 0.3 is 12.1 Å². The summed E-state index contributed by atoms with van der Waals surface area (Å²) < 4.78 is 17.7. The van der Waals surface area contributed by atoms with Crippen LogP contribution >= 0.6 is 15.9 Å². The van der Waals surface area contributed by atoms with Gasteiger partial charge in [-0.15, -0.1) is 0 Å². The molecule has 4 rings (SSSR count). The molecule has 0 aliphatic carbocycles. The highest BCUT2D eigenvalue weighted by molar-refractivity contribution is 9.10. The first-order valence-corrected chi connectivity index (χ1v) is 10.3. The number of piperazine rings is 1. The highest BCUT2D eigenvalue weighted by Crippen LogP contribution is 2.37. The molecule has 8 heteroatoms. The number of hydrogen-bond acceptors (Lipinski definition) is 6. The average Bonchev–Trinajstić information content (AvgIpc) is 3.02. The maximum absolute atomic E-state index is 12.4. The summed E-state index contributed by atoms with van der Waals surface area (Å²) in [6.07, 6.45) is -0.347. The van der Waals surface area contributed by atoms with Crippen LogP contribution in [0.1, 0.15) is 48.4 Å². The van der Waals surface area contributed by atoms with Gasteiger partial charge in [-0.2, -0.15) is 0 Å². The van der Waals surface area contributed by atoms with Crippen LogP contribution in [0.15, 0.2) is 16.6 Å². The molecule has 0 aromatic heterocycles. The van der Waals surface area contributed by atoms with Crippen LogP contribution in [0.25, 0.3) is 0 Å². The fourth-order valence-corrected chi connectivity index (χ4v) is 4.62. The Morgan fingerprint density at radius 2 is 2.04 bits per heavy atom. The average molecular weight is 453 g/mol. The van der Waals surface area contributed by atoms with Gasteiger partial charge in [-0.3, -0.25) is 4.90 Å². The molecular formula is C20H25BrN2O5. The number of cyclic esters (lactones) is 1. The lowest BCUT2D eigenvalue weighted by Gasteiger charge is -2.46. The van der Waals surface area contributed by atoms with Crippen LogP contribution in [-0.4, -0.2) is 66.3 Å². The van der Waals surface area contributed by atoms with Crippen molar-refractivity contribution in [1.29, 1.82) is 0 Å². The molecule has 2 saturated heterocycles. The summed E-state index contributed by atoms with van der Waals surface area (Å²) in [4.78, 5) is 28.2. The maximum Gasteiger partial charge on any atom is 0.410 e. The number of hydrogen-bond donors (Lipinski definition) is 0. The predicted octanol–water partition coefficient (Wildman–Crippen LogP) is 3.11. The van der Waals surface area contributed by atoms with Crippen molar-refractivity contribution in [2.75, 3.05) is 32.8 Å². The van der Waals surface area contributed by atoms with Gasteiger partial charge in [0.05, 0.1) is 24.3 Å². The second kappa shape index (κ2) is 7.31. The number of carbonyl (C=O) groups is 2. The Hall–Kier alpha value is -1.64. The molecule has 0 spiro atoms. The van der Waals surface area contributed by atoms with Gasteiger partial charge in [-0.1, -0.05) is 6.07 Å². The zero-order valence-electron chi connectivity index (χ0n) is 16.4. The predicted molar refractivity (Wildman–Crippen MR) is 105 cm³/mol. The molecule has 0 N–H and O–H groups in total. The fraction of sp³-hybridized carbons (Fsp3) is 0.600. The van der Waals surface area contributed by atoms with Gasteiger partial charge in [0.15, 0.2) is 0 Å². The van der Waals surface area contributed by atoms with Crippen LogP contribution in [0.4, 0.5) is 4.79 Å². The lowest BCUT2D eigenvalue weighted by Crippen LogP contribution is -2.60. The van der Waals surface area contributed by atoms with Crippen LogP contribution in [0.2, 0.25) is 0 Å². The van der Waals surface area contributed by atoms with E-state index in [1.807, 2.05) is 32.9 Å². The molecule has 3 aliphatic rings. The molecule has 152 valence electrons. The molecule has 2 atom stereocenters. The normalized spacial score (nSPS) is 25.1. The van der Waals surface area contributed by atoms with Crippen molar-refractivity contribution >= 4 is 28.0 Å². The van der Waals surface area contributed by atoms with Gasteiger partial charge in [0.25, 0.3) is 0 Å². The molecule has 3 aliphatic heterocycles. The third-order valence-corrected chi connectivity index (χ3v) is 6.27. The number of ether oxygens (including phenoxy) is 3. The molecule has 0 bridgehead atoms. The largest absolute Gasteiger partial charge is 0.457 e. The van der Waals surface area contributed by atoms with Gasteiger partial charge in [0, 0.05) is 36.2 Å². The minimum Gasteiger partial charge on any atom is -0.457 e. The van der Waals surface area contributed by atoms with Crippen LogP contribution in [-0.2, 0) is 20.8 Å². The number of morpholine rings is 1. The van der Waals surface area contributed by atoms with Crippen LogP contribution < -0.4 is 0 Å². The number of carbonyl (C=O) groups excluding carboxylic acids is 2. The van der Waals surface area contributed by atoms with E-state index in [1.54, 1.807) is 4.90 Å². The molecule has 1 amide bonds. The number of esters is 1. The van der Waals surface area contributed by atoms with Gasteiger partial charge in [-0.25, -0.2) is 9.59 Å². The zero-order valence-corrected chi connectivity index (χ0v) is 18.0. The molecule has 1 aromatic carbocycles. The minimum atomic E-state index is -0.493. The summed E-state index contributed by atoms with van der Waals surface area (Å²) >= 11 is 3.64. The highest BCUT2D eigenvalue weighted by Gasteiger charge is 2.38. The van der Waals surface area contributed by atoms with Crippen molar-refractivity contribution in [2.45, 2.75) is 45.1 Å². The number of benzene rings is 1. The summed E-state index contributed by atoms with van der Waals surface area (Å²) in [6, 6.07) is 3.92. The third-order valence-electron chi connectivity index (χ3n) is 5.33. The molecule has 3 heterocycles. The van der Waals surface area contributed by atoms with E-state index in [2.05, 4.69) is 20.8 Å². The summed E-state index contributed by atoms with van der Waals surface area (Å²) in [5.74, 6) is -0.273. The smallest absolute Gasteiger partial charge is 0.410 e. The highest BCUT2D eigenvalue weighted by atomic mass is 79.9. The van der Waals surface area contributed by atoms with E-state index in [0.29, 0.717) is 31.9 Å². The molecule has 28 heavy (non-hydrogen) atoms. The summed E-state index contributed by atoms with van der Waals surface area (Å²) in [6.45, 7) is 9.26. The van der Waals surface area contributed by atoms with Gasteiger partial charge in [0.2, 0.25) is 0 Å². The Bertz CT molecular complexity index is 807. The second-order valence-corrected chi connectivity index (χ2v) is 9.26. The summed E-state index contributed by atoms with van der Waals surface area (Å²) in [7, 11) is 0. The van der Waals surface area contributed by atoms with E-state index in [4.69, 9.17) is 14.2 Å². The van der Waals surface area contributed by atoms with E-state index >= 15 is 0 Å². The van der Waals surface area contributed by atoms with Crippen molar-refractivity contribution in [2.24, 2.45) is 0 Å². The summed E-state index contributed by atoms with van der Waals surface area (Å²) in [5, 5.41) is 0. The molecule has 0 saturated carbocycles. The Labute approximate surface area is 173 Å². The molecular weight excluding hydrogens is 428 g/mol. The Morgan fingerprint density at radius 1 is 1.25 bits per heavy atom. The molecule has 1 aromatic rings. The standard InChI is InChI=1S/C20H25BrN2O5/c1-20(2,3)28-19(25)23-7-6-22-9-16(26-10-12(22)8-23)14-5-4-13-15(17(14)21)11-27-18(13)24/h4-5,12,16H,6-11H2,1-3H3. The van der Waals surface area contributed by atoms with Crippen molar-refractivity contribution < 1.29 is 23.8 Å². The SMILES string of the molecule is CC(C)(C)OC(=O)N1CCN2CC(c3ccc4c(c3Br)COC4=O)OCC2C1. The van der Waals surface area contributed by atoms with Crippen LogP contribution in [0, 0.1) is 0 Å². The lowest BCUT2D eigenvalue weighted by atomic mass is 9.99. The monoisotopic (exact) mass is 452 g/mol. The first kappa shape index (κ1) is 19.7. The Balaban J connectivity index is 1.42. The van der Waals surface area contributed by atoms with Gasteiger partial charge < -0.3 is 19.1 Å². The fourth-order valence-electron chi connectivity index (χ4n) is 3.90. The minimum absolute atomic E-state index is 0.0836. The molecule has 0 radical (unpaired) electrons. The Morgan fingerprint density at radius 3 is 2.79 bits per heavy atom. The number of nitrogens with zero attached hydrogens (tertiary/aromatic N) is 2. The van der Waals surface area contributed by atoms with E-state index < -0.39 is 5.60 Å². The number of halogens is 1. The van der Waals surface area contributed by atoms with E-state index in [9.17, 15) is 9.59 Å². The maximum atomic E-state index is 12.4. The first-order valence-electron chi connectivity index (χ1n) is 9.55. The van der Waals surface area contributed by atoms with E-state index in [1.165, 1.54) is 0 Å². The van der Waals surface area contributed by atoms with Crippen LogP contribution in [0.3, 0.4) is 0 Å². The number of rotatable bonds is 1. The third kappa shape index (κ3) is 3.77. The molecule has 2 fully saturated rings. The van der Waals surface area contributed by atoms with Gasteiger partial charge in [-0.05, 0) is 48.3 Å². The topological polar surface area (TPSA) is 68.3 Å². The van der Waals surface area contributed by atoms with Crippen molar-refractivity contribution in [3.8, 4) is 0 Å². The van der Waals surface area contributed by atoms with Crippen molar-refractivity contribution in [1.82, 2.24) is 9.80 Å². The quantitative estimate of drug-likeness (QED) is 0.609. The van der Waals surface area contributed by atoms with Crippen molar-refractivity contribution in [3.63, 3.8) is 0 Å². The zero-order chi connectivity index (χ0) is 20.1. The lowest BCUT2D eigenvalue weighted by molar-refractivity contribution is -0.0908. The second-order valence-electron chi connectivity index (χ2n) is 8.47. The molecule has 2 unspecified atom stereocenters. The summed E-state index contributed by atoms with van der Waals surface area (Å²) in [5.41, 5.74) is 2.05. The van der Waals surface area contributed by atoms with E-state index in [-0.39, 0.29) is 24.2 Å².